The number of amides is 1. The zero-order valence-corrected chi connectivity index (χ0v) is 14.6. The maximum absolute atomic E-state index is 12.6. The molecule has 3 aromatic rings. The molecule has 0 atom stereocenters. The number of hydrogen-bond acceptors (Lipinski definition) is 2. The first-order chi connectivity index (χ1) is 12.8. The second kappa shape index (κ2) is 7.44. The van der Waals surface area contributed by atoms with Gasteiger partial charge in [0.1, 0.15) is 5.75 Å². The highest BCUT2D eigenvalue weighted by Gasteiger charge is 2.21. The highest BCUT2D eigenvalue weighted by molar-refractivity contribution is 5.79. The van der Waals surface area contributed by atoms with Crippen LogP contribution in [0.4, 0.5) is 0 Å². The predicted octanol–water partition coefficient (Wildman–Crippen LogP) is 4.32. The molecule has 1 heterocycles. The molecule has 1 aliphatic rings. The van der Waals surface area contributed by atoms with Crippen molar-refractivity contribution in [3.63, 3.8) is 0 Å². The monoisotopic (exact) mass is 343 g/mol. The normalized spacial score (nSPS) is 13.2. The molecule has 1 amide bonds. The fraction of sp³-hybridized carbons (Fsp3) is 0.174. The van der Waals surface area contributed by atoms with E-state index in [1.165, 1.54) is 11.1 Å². The number of rotatable bonds is 4. The number of fused-ring (bicyclic) bond motifs is 1. The molecule has 3 heteroatoms. The Labute approximate surface area is 153 Å². The lowest BCUT2D eigenvalue weighted by atomic mass is 10.00. The van der Waals surface area contributed by atoms with Gasteiger partial charge in [-0.2, -0.15) is 0 Å². The van der Waals surface area contributed by atoms with Crippen molar-refractivity contribution in [3.8, 4) is 16.9 Å². The zero-order valence-electron chi connectivity index (χ0n) is 14.6. The van der Waals surface area contributed by atoms with Gasteiger partial charge in [0.05, 0.1) is 0 Å². The Bertz CT molecular complexity index is 905. The summed E-state index contributed by atoms with van der Waals surface area (Å²) in [4.78, 5) is 14.5. The summed E-state index contributed by atoms with van der Waals surface area (Å²) in [6, 6.07) is 26.3. The third-order valence-corrected chi connectivity index (χ3v) is 4.81. The molecule has 0 N–H and O–H groups in total. The summed E-state index contributed by atoms with van der Waals surface area (Å²) in [6.07, 6.45) is 0.905. The van der Waals surface area contributed by atoms with E-state index in [-0.39, 0.29) is 12.5 Å². The minimum Gasteiger partial charge on any atom is -0.483 e. The smallest absolute Gasteiger partial charge is 0.260 e. The van der Waals surface area contributed by atoms with Gasteiger partial charge in [0.25, 0.3) is 5.91 Å². The SMILES string of the molecule is O=C(COc1ccccc1-c1ccccc1)N1CCc2ccccc2C1. The minimum atomic E-state index is 0.0300. The van der Waals surface area contributed by atoms with Gasteiger partial charge in [-0.15, -0.1) is 0 Å². The van der Waals surface area contributed by atoms with E-state index >= 15 is 0 Å². The van der Waals surface area contributed by atoms with Crippen LogP contribution in [0.2, 0.25) is 0 Å². The Balaban J connectivity index is 1.45. The number of benzene rings is 3. The van der Waals surface area contributed by atoms with Crippen LogP contribution in [-0.2, 0) is 17.8 Å². The molecule has 0 bridgehead atoms. The van der Waals surface area contributed by atoms with E-state index in [0.29, 0.717) is 6.54 Å². The maximum atomic E-state index is 12.6. The Morgan fingerprint density at radius 2 is 1.54 bits per heavy atom. The van der Waals surface area contributed by atoms with Gasteiger partial charge < -0.3 is 9.64 Å². The lowest BCUT2D eigenvalue weighted by molar-refractivity contribution is -0.134. The van der Waals surface area contributed by atoms with Crippen LogP contribution in [0.25, 0.3) is 11.1 Å². The van der Waals surface area contributed by atoms with E-state index in [1.807, 2.05) is 65.6 Å². The van der Waals surface area contributed by atoms with Crippen LogP contribution in [0.3, 0.4) is 0 Å². The summed E-state index contributed by atoms with van der Waals surface area (Å²) >= 11 is 0. The zero-order chi connectivity index (χ0) is 17.8. The Kier molecular flexibility index (Phi) is 4.69. The highest BCUT2D eigenvalue weighted by Crippen LogP contribution is 2.29. The van der Waals surface area contributed by atoms with E-state index in [2.05, 4.69) is 18.2 Å². The van der Waals surface area contributed by atoms with Crippen molar-refractivity contribution in [2.75, 3.05) is 13.2 Å². The summed E-state index contributed by atoms with van der Waals surface area (Å²) in [5, 5.41) is 0. The average molecular weight is 343 g/mol. The van der Waals surface area contributed by atoms with E-state index < -0.39 is 0 Å². The molecule has 0 unspecified atom stereocenters. The first kappa shape index (κ1) is 16.4. The average Bonchev–Trinajstić information content (AvgIpc) is 2.72. The van der Waals surface area contributed by atoms with Crippen LogP contribution in [0.5, 0.6) is 5.75 Å². The standard InChI is InChI=1S/C23H21NO2/c25-23(24-15-14-18-8-4-5-11-20(18)16-24)17-26-22-13-7-6-12-21(22)19-9-2-1-3-10-19/h1-13H,14-17H2. The molecule has 0 radical (unpaired) electrons. The molecule has 1 aliphatic heterocycles. The number of para-hydroxylation sites is 1. The number of hydrogen-bond donors (Lipinski definition) is 0. The molecular weight excluding hydrogens is 322 g/mol. The molecule has 0 aromatic heterocycles. The molecule has 3 aromatic carbocycles. The van der Waals surface area contributed by atoms with Gasteiger partial charge in [-0.25, -0.2) is 0 Å². The van der Waals surface area contributed by atoms with E-state index in [9.17, 15) is 4.79 Å². The van der Waals surface area contributed by atoms with E-state index in [4.69, 9.17) is 4.74 Å². The van der Waals surface area contributed by atoms with Crippen molar-refractivity contribution in [1.82, 2.24) is 4.90 Å². The lowest BCUT2D eigenvalue weighted by Gasteiger charge is -2.29. The molecular formula is C23H21NO2. The van der Waals surface area contributed by atoms with Crippen LogP contribution in [0, 0.1) is 0 Å². The highest BCUT2D eigenvalue weighted by atomic mass is 16.5. The Hall–Kier alpha value is -3.07. The molecule has 0 saturated heterocycles. The van der Waals surface area contributed by atoms with Crippen LogP contribution in [-0.4, -0.2) is 24.0 Å². The number of carbonyl (C=O) groups is 1. The Morgan fingerprint density at radius 3 is 2.38 bits per heavy atom. The molecule has 0 saturated carbocycles. The van der Waals surface area contributed by atoms with Gasteiger partial charge >= 0.3 is 0 Å². The molecule has 26 heavy (non-hydrogen) atoms. The van der Waals surface area contributed by atoms with Gasteiger partial charge in [-0.1, -0.05) is 72.8 Å². The summed E-state index contributed by atoms with van der Waals surface area (Å²) in [5.41, 5.74) is 4.66. The first-order valence-electron chi connectivity index (χ1n) is 8.93. The largest absolute Gasteiger partial charge is 0.483 e. The topological polar surface area (TPSA) is 29.5 Å². The summed E-state index contributed by atoms with van der Waals surface area (Å²) < 4.78 is 5.90. The maximum Gasteiger partial charge on any atom is 0.260 e. The molecule has 3 nitrogen and oxygen atoms in total. The molecule has 130 valence electrons. The molecule has 0 fully saturated rings. The number of carbonyl (C=O) groups excluding carboxylic acids is 1. The molecule has 0 spiro atoms. The van der Waals surface area contributed by atoms with Crippen molar-refractivity contribution in [1.29, 1.82) is 0 Å². The van der Waals surface area contributed by atoms with Crippen LogP contribution in [0.1, 0.15) is 11.1 Å². The van der Waals surface area contributed by atoms with Crippen molar-refractivity contribution < 1.29 is 9.53 Å². The van der Waals surface area contributed by atoms with Crippen molar-refractivity contribution >= 4 is 5.91 Å². The summed E-state index contributed by atoms with van der Waals surface area (Å²) in [7, 11) is 0. The number of ether oxygens (including phenoxy) is 1. The van der Waals surface area contributed by atoms with Crippen LogP contribution < -0.4 is 4.74 Å². The summed E-state index contributed by atoms with van der Waals surface area (Å²) in [5.74, 6) is 0.770. The first-order valence-corrected chi connectivity index (χ1v) is 8.93. The van der Waals surface area contributed by atoms with Gasteiger partial charge in [0.2, 0.25) is 0 Å². The van der Waals surface area contributed by atoms with Crippen LogP contribution >= 0.6 is 0 Å². The minimum absolute atomic E-state index is 0.0300. The number of nitrogens with zero attached hydrogens (tertiary/aromatic N) is 1. The third kappa shape index (κ3) is 3.47. The van der Waals surface area contributed by atoms with Gasteiger partial charge in [-0.05, 0) is 29.2 Å². The molecule has 0 aliphatic carbocycles. The van der Waals surface area contributed by atoms with Gasteiger partial charge in [-0.3, -0.25) is 4.79 Å². The quantitative estimate of drug-likeness (QED) is 0.706. The fourth-order valence-corrected chi connectivity index (χ4v) is 3.39. The second-order valence-electron chi connectivity index (χ2n) is 6.48. The summed E-state index contributed by atoms with van der Waals surface area (Å²) in [6.45, 7) is 1.48. The Morgan fingerprint density at radius 1 is 0.846 bits per heavy atom. The lowest BCUT2D eigenvalue weighted by Crippen LogP contribution is -2.38. The van der Waals surface area contributed by atoms with Crippen molar-refractivity contribution in [3.05, 3.63) is 90.0 Å². The van der Waals surface area contributed by atoms with Crippen LogP contribution in [0.15, 0.2) is 78.9 Å². The molecule has 4 rings (SSSR count). The van der Waals surface area contributed by atoms with Crippen molar-refractivity contribution in [2.45, 2.75) is 13.0 Å². The predicted molar refractivity (Wildman–Crippen MR) is 103 cm³/mol. The van der Waals surface area contributed by atoms with Crippen molar-refractivity contribution in [2.24, 2.45) is 0 Å². The third-order valence-electron chi connectivity index (χ3n) is 4.81. The fourth-order valence-electron chi connectivity index (χ4n) is 3.39. The van der Waals surface area contributed by atoms with E-state index in [0.717, 1.165) is 29.8 Å². The van der Waals surface area contributed by atoms with Gasteiger partial charge in [0.15, 0.2) is 6.61 Å². The van der Waals surface area contributed by atoms with Gasteiger partial charge in [0, 0.05) is 18.7 Å². The van der Waals surface area contributed by atoms with E-state index in [1.54, 1.807) is 0 Å². The second-order valence-corrected chi connectivity index (χ2v) is 6.48.